The molecule has 0 radical (unpaired) electrons. The van der Waals surface area contributed by atoms with Crippen molar-refractivity contribution < 1.29 is 9.90 Å². The minimum absolute atomic E-state index is 0.221. The fourth-order valence-electron chi connectivity index (χ4n) is 2.81. The van der Waals surface area contributed by atoms with Crippen LogP contribution in [0.2, 0.25) is 0 Å². The number of thioether (sulfide) groups is 1. The van der Waals surface area contributed by atoms with E-state index in [-0.39, 0.29) is 11.8 Å². The second kappa shape index (κ2) is 4.35. The van der Waals surface area contributed by atoms with Gasteiger partial charge in [0.1, 0.15) is 0 Å². The van der Waals surface area contributed by atoms with Crippen LogP contribution in [0.1, 0.15) is 5.56 Å². The van der Waals surface area contributed by atoms with Gasteiger partial charge in [-0.05, 0) is 30.5 Å². The second-order valence-electron chi connectivity index (χ2n) is 4.73. The van der Waals surface area contributed by atoms with E-state index >= 15 is 0 Å². The first-order chi connectivity index (χ1) is 8.25. The maximum absolute atomic E-state index is 11.2. The Bertz CT molecular complexity index is 424. The lowest BCUT2D eigenvalue weighted by Crippen LogP contribution is -2.29. The average molecular weight is 249 g/mol. The maximum atomic E-state index is 11.2. The van der Waals surface area contributed by atoms with E-state index in [2.05, 4.69) is 29.6 Å². The Morgan fingerprint density at radius 3 is 2.94 bits per heavy atom. The lowest BCUT2D eigenvalue weighted by Gasteiger charge is -2.20. The van der Waals surface area contributed by atoms with Crippen molar-refractivity contribution in [1.82, 2.24) is 5.32 Å². The van der Waals surface area contributed by atoms with E-state index in [1.807, 2.05) is 11.8 Å². The summed E-state index contributed by atoms with van der Waals surface area (Å²) in [6.07, 6.45) is 1.01. The predicted molar refractivity (Wildman–Crippen MR) is 67.3 cm³/mol. The summed E-state index contributed by atoms with van der Waals surface area (Å²) in [5.41, 5.74) is 1.37. The molecule has 1 fully saturated rings. The molecule has 2 aliphatic rings. The standard InChI is InChI=1S/C13H15NO2S/c15-13(16)10-7-14-6-9(10)12-5-8-3-1-2-4-11(8)17-12/h1-4,9-10,12,14H,5-7H2,(H,15,16). The lowest BCUT2D eigenvalue weighted by atomic mass is 9.90. The molecular formula is C13H15NO2S. The number of fused-ring (bicyclic) bond motifs is 1. The van der Waals surface area contributed by atoms with E-state index in [1.165, 1.54) is 10.5 Å². The largest absolute Gasteiger partial charge is 0.481 e. The van der Waals surface area contributed by atoms with E-state index < -0.39 is 5.97 Å². The average Bonchev–Trinajstić information content (AvgIpc) is 2.95. The van der Waals surface area contributed by atoms with Crippen molar-refractivity contribution in [2.24, 2.45) is 11.8 Å². The first kappa shape index (κ1) is 11.1. The van der Waals surface area contributed by atoms with Gasteiger partial charge in [0.05, 0.1) is 5.92 Å². The molecule has 90 valence electrons. The number of carbonyl (C=O) groups is 1. The number of benzene rings is 1. The number of nitrogens with one attached hydrogen (secondary N) is 1. The van der Waals surface area contributed by atoms with Crippen LogP contribution in [0.15, 0.2) is 29.2 Å². The Hall–Kier alpha value is -1.00. The van der Waals surface area contributed by atoms with E-state index in [4.69, 9.17) is 0 Å². The monoisotopic (exact) mass is 249 g/mol. The van der Waals surface area contributed by atoms with Gasteiger partial charge in [0.2, 0.25) is 0 Å². The van der Waals surface area contributed by atoms with Crippen molar-refractivity contribution in [3.05, 3.63) is 29.8 Å². The molecule has 3 rings (SSSR count). The number of hydrogen-bond acceptors (Lipinski definition) is 3. The van der Waals surface area contributed by atoms with Crippen LogP contribution in [0.4, 0.5) is 0 Å². The summed E-state index contributed by atoms with van der Waals surface area (Å²) < 4.78 is 0. The normalized spacial score (nSPS) is 31.4. The van der Waals surface area contributed by atoms with Gasteiger partial charge in [-0.25, -0.2) is 0 Å². The van der Waals surface area contributed by atoms with Crippen molar-refractivity contribution >= 4 is 17.7 Å². The Labute approximate surface area is 105 Å². The highest BCUT2D eigenvalue weighted by molar-refractivity contribution is 8.00. The van der Waals surface area contributed by atoms with Crippen molar-refractivity contribution in [1.29, 1.82) is 0 Å². The van der Waals surface area contributed by atoms with Crippen LogP contribution < -0.4 is 5.32 Å². The van der Waals surface area contributed by atoms with Gasteiger partial charge < -0.3 is 10.4 Å². The minimum Gasteiger partial charge on any atom is -0.481 e. The Morgan fingerprint density at radius 2 is 2.18 bits per heavy atom. The molecule has 3 unspecified atom stereocenters. The highest BCUT2D eigenvalue weighted by Gasteiger charge is 2.40. The van der Waals surface area contributed by atoms with Crippen molar-refractivity contribution in [2.75, 3.05) is 13.1 Å². The van der Waals surface area contributed by atoms with Crippen molar-refractivity contribution in [2.45, 2.75) is 16.6 Å². The van der Waals surface area contributed by atoms with Crippen molar-refractivity contribution in [3.8, 4) is 0 Å². The topological polar surface area (TPSA) is 49.3 Å². The highest BCUT2D eigenvalue weighted by atomic mass is 32.2. The smallest absolute Gasteiger partial charge is 0.308 e. The summed E-state index contributed by atoms with van der Waals surface area (Å²) in [5, 5.41) is 12.8. The molecule has 3 nitrogen and oxygen atoms in total. The second-order valence-corrected chi connectivity index (χ2v) is 6.02. The quantitative estimate of drug-likeness (QED) is 0.836. The third-order valence-electron chi connectivity index (χ3n) is 3.73. The van der Waals surface area contributed by atoms with Gasteiger partial charge in [-0.3, -0.25) is 4.79 Å². The van der Waals surface area contributed by atoms with Gasteiger partial charge in [-0.15, -0.1) is 11.8 Å². The molecule has 17 heavy (non-hydrogen) atoms. The van der Waals surface area contributed by atoms with Crippen LogP contribution in [-0.4, -0.2) is 29.4 Å². The molecule has 4 heteroatoms. The van der Waals surface area contributed by atoms with Crippen LogP contribution in [0.25, 0.3) is 0 Å². The molecule has 0 aliphatic carbocycles. The SMILES string of the molecule is O=C(O)C1CNCC1C1Cc2ccccc2S1. The van der Waals surface area contributed by atoms with Crippen molar-refractivity contribution in [3.63, 3.8) is 0 Å². The molecule has 2 aliphatic heterocycles. The molecule has 1 saturated heterocycles. The van der Waals surface area contributed by atoms with Gasteiger partial charge in [0, 0.05) is 16.7 Å². The lowest BCUT2D eigenvalue weighted by molar-refractivity contribution is -0.142. The molecule has 0 spiro atoms. The summed E-state index contributed by atoms with van der Waals surface area (Å²) in [4.78, 5) is 12.5. The third kappa shape index (κ3) is 1.96. The van der Waals surface area contributed by atoms with E-state index in [0.29, 0.717) is 11.8 Å². The Kier molecular flexibility index (Phi) is 2.84. The fraction of sp³-hybridized carbons (Fsp3) is 0.462. The summed E-state index contributed by atoms with van der Waals surface area (Å²) in [7, 11) is 0. The first-order valence-electron chi connectivity index (χ1n) is 5.94. The molecule has 2 heterocycles. The molecule has 1 aromatic rings. The van der Waals surface area contributed by atoms with Crippen LogP contribution in [0.5, 0.6) is 0 Å². The number of hydrogen-bond donors (Lipinski definition) is 2. The van der Waals surface area contributed by atoms with Gasteiger partial charge in [-0.1, -0.05) is 18.2 Å². The summed E-state index contributed by atoms with van der Waals surface area (Å²) in [5.74, 6) is -0.622. The molecule has 1 aromatic carbocycles. The molecule has 0 amide bonds. The number of aliphatic carboxylic acids is 1. The zero-order chi connectivity index (χ0) is 11.8. The molecule has 0 saturated carbocycles. The van der Waals surface area contributed by atoms with Gasteiger partial charge in [-0.2, -0.15) is 0 Å². The predicted octanol–water partition coefficient (Wildman–Crippen LogP) is 1.62. The zero-order valence-electron chi connectivity index (χ0n) is 9.43. The molecule has 3 atom stereocenters. The van der Waals surface area contributed by atoms with E-state index in [1.54, 1.807) is 0 Å². The van der Waals surface area contributed by atoms with Crippen LogP contribution in [0, 0.1) is 11.8 Å². The molecule has 2 N–H and O–H groups in total. The third-order valence-corrected chi connectivity index (χ3v) is 5.20. The molecule has 0 aromatic heterocycles. The number of rotatable bonds is 2. The van der Waals surface area contributed by atoms with Crippen LogP contribution >= 0.6 is 11.8 Å². The van der Waals surface area contributed by atoms with Gasteiger partial charge in [0.25, 0.3) is 0 Å². The Balaban J connectivity index is 1.78. The minimum atomic E-state index is -0.656. The highest BCUT2D eigenvalue weighted by Crippen LogP contribution is 2.43. The molecular weight excluding hydrogens is 234 g/mol. The maximum Gasteiger partial charge on any atom is 0.308 e. The molecule has 0 bridgehead atoms. The number of carboxylic acid groups (broad SMARTS) is 1. The van der Waals surface area contributed by atoms with E-state index in [0.717, 1.165) is 13.0 Å². The summed E-state index contributed by atoms with van der Waals surface area (Å²) in [6, 6.07) is 8.40. The van der Waals surface area contributed by atoms with Gasteiger partial charge in [0.15, 0.2) is 0 Å². The fourth-order valence-corrected chi connectivity index (χ4v) is 4.32. The summed E-state index contributed by atoms with van der Waals surface area (Å²) in [6.45, 7) is 1.45. The number of carboxylic acids is 1. The van der Waals surface area contributed by atoms with Crippen LogP contribution in [0.3, 0.4) is 0 Å². The first-order valence-corrected chi connectivity index (χ1v) is 6.82. The van der Waals surface area contributed by atoms with Gasteiger partial charge >= 0.3 is 5.97 Å². The Morgan fingerprint density at radius 1 is 1.35 bits per heavy atom. The summed E-state index contributed by atoms with van der Waals surface area (Å²) >= 11 is 1.85. The zero-order valence-corrected chi connectivity index (χ0v) is 10.2. The van der Waals surface area contributed by atoms with Crippen LogP contribution in [-0.2, 0) is 11.2 Å². The van der Waals surface area contributed by atoms with E-state index in [9.17, 15) is 9.90 Å².